The predicted octanol–water partition coefficient (Wildman–Crippen LogP) is 0.786. The molecule has 0 aliphatic rings. The first-order valence-electron chi connectivity index (χ1n) is 6.01. The van der Waals surface area contributed by atoms with Gasteiger partial charge in [0.05, 0.1) is 18.3 Å². The second kappa shape index (κ2) is 7.68. The molecule has 0 bridgehead atoms. The number of nitrogens with one attached hydrogen (secondary N) is 1. The van der Waals surface area contributed by atoms with Crippen LogP contribution in [0.3, 0.4) is 0 Å². The third-order valence-corrected chi connectivity index (χ3v) is 2.32. The quantitative estimate of drug-likeness (QED) is 0.379. The lowest BCUT2D eigenvalue weighted by Crippen LogP contribution is -2.26. The molecule has 0 saturated carbocycles. The largest absolute Gasteiger partial charge is 0.462 e. The molecule has 100 valence electrons. The zero-order chi connectivity index (χ0) is 13.4. The number of rotatable bonds is 7. The third-order valence-electron chi connectivity index (χ3n) is 2.32. The van der Waals surface area contributed by atoms with Crippen molar-refractivity contribution in [2.75, 3.05) is 25.4 Å². The van der Waals surface area contributed by atoms with E-state index >= 15 is 0 Å². The van der Waals surface area contributed by atoms with E-state index in [-0.39, 0.29) is 12.1 Å². The van der Waals surface area contributed by atoms with Crippen LogP contribution in [-0.2, 0) is 4.74 Å². The van der Waals surface area contributed by atoms with Crippen molar-refractivity contribution in [3.63, 3.8) is 0 Å². The first-order chi connectivity index (χ1) is 8.59. The van der Waals surface area contributed by atoms with Gasteiger partial charge in [-0.25, -0.2) is 4.79 Å². The second-order valence-electron chi connectivity index (χ2n) is 4.16. The number of anilines is 1. The maximum Gasteiger partial charge on any atom is 0.338 e. The highest BCUT2D eigenvalue weighted by atomic mass is 16.5. The van der Waals surface area contributed by atoms with Gasteiger partial charge < -0.3 is 20.9 Å². The maximum atomic E-state index is 11.6. The van der Waals surface area contributed by atoms with Gasteiger partial charge in [0.25, 0.3) is 0 Å². The number of carbonyl (C=O) groups is 1. The Balaban J connectivity index is 2.16. The summed E-state index contributed by atoms with van der Waals surface area (Å²) in [4.78, 5) is 11.6. The van der Waals surface area contributed by atoms with Gasteiger partial charge in [0, 0.05) is 12.2 Å². The van der Waals surface area contributed by atoms with E-state index in [4.69, 9.17) is 15.6 Å². The van der Waals surface area contributed by atoms with Gasteiger partial charge >= 0.3 is 5.97 Å². The average Bonchev–Trinajstić information content (AvgIpc) is 2.34. The summed E-state index contributed by atoms with van der Waals surface area (Å²) in [5, 5.41) is 12.1. The van der Waals surface area contributed by atoms with Gasteiger partial charge in [-0.3, -0.25) is 0 Å². The van der Waals surface area contributed by atoms with E-state index in [2.05, 4.69) is 5.32 Å². The topological polar surface area (TPSA) is 84.6 Å². The molecule has 5 heteroatoms. The predicted molar refractivity (Wildman–Crippen MR) is 70.3 cm³/mol. The molecule has 0 spiro atoms. The molecule has 0 aliphatic carbocycles. The van der Waals surface area contributed by atoms with Crippen LogP contribution in [0.4, 0.5) is 5.69 Å². The van der Waals surface area contributed by atoms with E-state index in [1.165, 1.54) is 0 Å². The van der Waals surface area contributed by atoms with E-state index in [0.717, 1.165) is 0 Å². The van der Waals surface area contributed by atoms with E-state index in [9.17, 15) is 4.79 Å². The van der Waals surface area contributed by atoms with Crippen molar-refractivity contribution in [3.8, 4) is 0 Å². The zero-order valence-corrected chi connectivity index (χ0v) is 10.6. The SMILES string of the molecule is CC(O)CNCCCOC(=O)c1ccc(N)cc1. The van der Waals surface area contributed by atoms with Crippen LogP contribution in [0.1, 0.15) is 23.7 Å². The fraction of sp³-hybridized carbons (Fsp3) is 0.462. The van der Waals surface area contributed by atoms with Crippen LogP contribution in [-0.4, -0.2) is 36.9 Å². The van der Waals surface area contributed by atoms with Crippen LogP contribution in [0.2, 0.25) is 0 Å². The molecule has 0 amide bonds. The van der Waals surface area contributed by atoms with Crippen molar-refractivity contribution in [1.29, 1.82) is 0 Å². The first-order valence-corrected chi connectivity index (χ1v) is 6.01. The molecule has 1 atom stereocenters. The maximum absolute atomic E-state index is 11.6. The number of benzene rings is 1. The number of nitrogen functional groups attached to an aromatic ring is 1. The molecule has 1 aromatic rings. The molecule has 0 saturated heterocycles. The lowest BCUT2D eigenvalue weighted by atomic mass is 10.2. The molecular weight excluding hydrogens is 232 g/mol. The minimum Gasteiger partial charge on any atom is -0.462 e. The van der Waals surface area contributed by atoms with Crippen LogP contribution < -0.4 is 11.1 Å². The van der Waals surface area contributed by atoms with Crippen molar-refractivity contribution in [1.82, 2.24) is 5.32 Å². The summed E-state index contributed by atoms with van der Waals surface area (Å²) in [6.45, 7) is 3.33. The van der Waals surface area contributed by atoms with Crippen LogP contribution in [0.15, 0.2) is 24.3 Å². The number of carbonyl (C=O) groups excluding carboxylic acids is 1. The molecule has 1 aromatic carbocycles. The number of hydrogen-bond acceptors (Lipinski definition) is 5. The Bertz CT molecular complexity index is 363. The van der Waals surface area contributed by atoms with E-state index in [1.807, 2.05) is 0 Å². The molecule has 18 heavy (non-hydrogen) atoms. The summed E-state index contributed by atoms with van der Waals surface area (Å²) in [5.41, 5.74) is 6.65. The molecule has 1 unspecified atom stereocenters. The molecular formula is C13H20N2O3. The highest BCUT2D eigenvalue weighted by Crippen LogP contribution is 2.06. The average molecular weight is 252 g/mol. The summed E-state index contributed by atoms with van der Waals surface area (Å²) in [7, 11) is 0. The number of aliphatic hydroxyl groups is 1. The Morgan fingerprint density at radius 1 is 1.44 bits per heavy atom. The minimum absolute atomic E-state index is 0.342. The van der Waals surface area contributed by atoms with E-state index in [0.29, 0.717) is 37.4 Å². The van der Waals surface area contributed by atoms with Gasteiger partial charge in [0.1, 0.15) is 0 Å². The van der Waals surface area contributed by atoms with Crippen molar-refractivity contribution in [3.05, 3.63) is 29.8 Å². The van der Waals surface area contributed by atoms with Crippen LogP contribution in [0.25, 0.3) is 0 Å². The third kappa shape index (κ3) is 5.65. The Morgan fingerprint density at radius 3 is 2.72 bits per heavy atom. The first kappa shape index (κ1) is 14.5. The second-order valence-corrected chi connectivity index (χ2v) is 4.16. The monoisotopic (exact) mass is 252 g/mol. The summed E-state index contributed by atoms with van der Waals surface area (Å²) in [6.07, 6.45) is 0.357. The number of nitrogens with two attached hydrogens (primary N) is 1. The summed E-state index contributed by atoms with van der Waals surface area (Å²) in [6, 6.07) is 6.62. The summed E-state index contributed by atoms with van der Waals surface area (Å²) >= 11 is 0. The fourth-order valence-electron chi connectivity index (χ4n) is 1.38. The van der Waals surface area contributed by atoms with Crippen LogP contribution in [0, 0.1) is 0 Å². The molecule has 0 aromatic heterocycles. The van der Waals surface area contributed by atoms with Gasteiger partial charge in [0.15, 0.2) is 0 Å². The molecule has 0 radical (unpaired) electrons. The number of hydrogen-bond donors (Lipinski definition) is 3. The fourth-order valence-corrected chi connectivity index (χ4v) is 1.38. The molecule has 0 fully saturated rings. The molecule has 0 aliphatic heterocycles. The van der Waals surface area contributed by atoms with Crippen molar-refractivity contribution < 1.29 is 14.6 Å². The number of aliphatic hydroxyl groups excluding tert-OH is 1. The number of esters is 1. The van der Waals surface area contributed by atoms with Crippen molar-refractivity contribution in [2.24, 2.45) is 0 Å². The molecule has 0 heterocycles. The van der Waals surface area contributed by atoms with Crippen LogP contribution in [0.5, 0.6) is 0 Å². The molecule has 5 nitrogen and oxygen atoms in total. The lowest BCUT2D eigenvalue weighted by Gasteiger charge is -2.07. The van der Waals surface area contributed by atoms with E-state index < -0.39 is 0 Å². The highest BCUT2D eigenvalue weighted by molar-refractivity contribution is 5.89. The van der Waals surface area contributed by atoms with Gasteiger partial charge in [0.2, 0.25) is 0 Å². The van der Waals surface area contributed by atoms with Gasteiger partial charge in [-0.05, 0) is 44.2 Å². The van der Waals surface area contributed by atoms with Gasteiger partial charge in [-0.2, -0.15) is 0 Å². The lowest BCUT2D eigenvalue weighted by molar-refractivity contribution is 0.0499. The highest BCUT2D eigenvalue weighted by Gasteiger charge is 2.05. The zero-order valence-electron chi connectivity index (χ0n) is 10.6. The van der Waals surface area contributed by atoms with Gasteiger partial charge in [-0.15, -0.1) is 0 Å². The van der Waals surface area contributed by atoms with Crippen LogP contribution >= 0.6 is 0 Å². The normalized spacial score (nSPS) is 12.1. The Kier molecular flexibility index (Phi) is 6.18. The summed E-state index contributed by atoms with van der Waals surface area (Å²) in [5.74, 6) is -0.342. The number of ether oxygens (including phenoxy) is 1. The Morgan fingerprint density at radius 2 is 2.11 bits per heavy atom. The Labute approximate surface area is 107 Å². The standard InChI is InChI=1S/C13H20N2O3/c1-10(16)9-15-7-2-8-18-13(17)11-3-5-12(14)6-4-11/h3-6,10,15-16H,2,7-9,14H2,1H3. The molecule has 1 rings (SSSR count). The van der Waals surface area contributed by atoms with Crippen molar-refractivity contribution in [2.45, 2.75) is 19.4 Å². The van der Waals surface area contributed by atoms with Gasteiger partial charge in [-0.1, -0.05) is 0 Å². The Hall–Kier alpha value is -1.59. The van der Waals surface area contributed by atoms with Crippen molar-refractivity contribution >= 4 is 11.7 Å². The molecule has 4 N–H and O–H groups in total. The summed E-state index contributed by atoms with van der Waals surface area (Å²) < 4.78 is 5.09. The van der Waals surface area contributed by atoms with E-state index in [1.54, 1.807) is 31.2 Å². The smallest absolute Gasteiger partial charge is 0.338 e. The minimum atomic E-state index is -0.359.